The number of nitrogens with one attached hydrogen (secondary N) is 1. The Labute approximate surface area is 90.8 Å². The van der Waals surface area contributed by atoms with Crippen molar-refractivity contribution in [3.05, 3.63) is 0 Å². The quantitative estimate of drug-likeness (QED) is 0.674. The molecule has 0 aromatic rings. The number of hydrogen-bond donors (Lipinski definition) is 2. The Morgan fingerprint density at radius 2 is 2.07 bits per heavy atom. The van der Waals surface area contributed by atoms with E-state index in [2.05, 4.69) is 5.32 Å². The third-order valence-electron chi connectivity index (χ3n) is 1.27. The van der Waals surface area contributed by atoms with Gasteiger partial charge in [0.25, 0.3) is 0 Å². The lowest BCUT2D eigenvalue weighted by molar-refractivity contribution is 0.0383. The van der Waals surface area contributed by atoms with E-state index in [1.54, 1.807) is 27.7 Å². The molecule has 1 atom stereocenters. The van der Waals surface area contributed by atoms with Crippen molar-refractivity contribution in [3.63, 3.8) is 0 Å². The topological polar surface area (TPSA) is 67.8 Å². The van der Waals surface area contributed by atoms with Gasteiger partial charge in [0.2, 0.25) is 0 Å². The van der Waals surface area contributed by atoms with Gasteiger partial charge in [-0.15, -0.1) is 0 Å². The number of ether oxygens (including phenoxy) is 2. The highest BCUT2D eigenvalue weighted by Crippen LogP contribution is 2.05. The number of rotatable bonds is 5. The zero-order valence-electron chi connectivity index (χ0n) is 9.87. The van der Waals surface area contributed by atoms with Crippen molar-refractivity contribution in [1.29, 1.82) is 0 Å². The summed E-state index contributed by atoms with van der Waals surface area (Å²) < 4.78 is 10.1. The second kappa shape index (κ2) is 6.63. The molecule has 0 aliphatic heterocycles. The normalized spacial score (nSPS) is 13.4. The van der Waals surface area contributed by atoms with Crippen LogP contribution in [0.2, 0.25) is 0 Å². The summed E-state index contributed by atoms with van der Waals surface area (Å²) in [5.41, 5.74) is -0.482. The molecule has 1 amide bonds. The molecule has 0 saturated carbocycles. The Hall–Kier alpha value is -0.810. The maximum Gasteiger partial charge on any atom is 0.407 e. The van der Waals surface area contributed by atoms with Gasteiger partial charge in [-0.3, -0.25) is 0 Å². The lowest BCUT2D eigenvalue weighted by atomic mass is 10.2. The first-order valence-corrected chi connectivity index (χ1v) is 5.04. The third-order valence-corrected chi connectivity index (χ3v) is 1.27. The average Bonchev–Trinajstić information content (AvgIpc) is 1.99. The fourth-order valence-electron chi connectivity index (χ4n) is 0.793. The van der Waals surface area contributed by atoms with Crippen LogP contribution >= 0.6 is 0 Å². The Morgan fingerprint density at radius 1 is 1.47 bits per heavy atom. The molecule has 0 aromatic heterocycles. The van der Waals surface area contributed by atoms with Gasteiger partial charge in [0.05, 0.1) is 19.3 Å². The predicted molar refractivity (Wildman–Crippen MR) is 56.7 cm³/mol. The average molecular weight is 219 g/mol. The largest absolute Gasteiger partial charge is 0.444 e. The molecular formula is C10H21NO4. The van der Waals surface area contributed by atoms with Crippen LogP contribution in [0.5, 0.6) is 0 Å². The molecule has 0 saturated heterocycles. The second-order valence-corrected chi connectivity index (χ2v) is 4.35. The second-order valence-electron chi connectivity index (χ2n) is 4.35. The Kier molecular flexibility index (Phi) is 6.27. The monoisotopic (exact) mass is 219 g/mol. The number of alkyl carbamates (subject to hydrolysis) is 1. The van der Waals surface area contributed by atoms with E-state index in [-0.39, 0.29) is 6.61 Å². The highest BCUT2D eigenvalue weighted by molar-refractivity contribution is 5.67. The lowest BCUT2D eigenvalue weighted by Gasteiger charge is -2.19. The molecule has 0 rings (SSSR count). The van der Waals surface area contributed by atoms with Crippen LogP contribution in [0.4, 0.5) is 4.79 Å². The van der Waals surface area contributed by atoms with Crippen molar-refractivity contribution in [3.8, 4) is 0 Å². The summed E-state index contributed by atoms with van der Waals surface area (Å²) in [4.78, 5) is 11.1. The van der Waals surface area contributed by atoms with Gasteiger partial charge in [-0.2, -0.15) is 0 Å². The summed E-state index contributed by atoms with van der Waals surface area (Å²) in [5, 5.41) is 11.4. The molecule has 0 aliphatic carbocycles. The zero-order chi connectivity index (χ0) is 11.9. The lowest BCUT2D eigenvalue weighted by Crippen LogP contribution is -2.34. The van der Waals surface area contributed by atoms with Crippen LogP contribution in [0.15, 0.2) is 0 Å². The molecule has 2 N–H and O–H groups in total. The van der Waals surface area contributed by atoms with E-state index in [0.29, 0.717) is 13.2 Å². The highest BCUT2D eigenvalue weighted by Gasteiger charge is 2.15. The first kappa shape index (κ1) is 14.2. The number of aliphatic hydroxyl groups excluding tert-OH is 1. The number of hydrogen-bond acceptors (Lipinski definition) is 4. The van der Waals surface area contributed by atoms with Gasteiger partial charge in [-0.1, -0.05) is 0 Å². The minimum absolute atomic E-state index is 0.274. The van der Waals surface area contributed by atoms with Gasteiger partial charge in [-0.25, -0.2) is 4.79 Å². The van der Waals surface area contributed by atoms with Crippen LogP contribution in [-0.4, -0.2) is 42.7 Å². The van der Waals surface area contributed by atoms with E-state index in [1.165, 1.54) is 0 Å². The van der Waals surface area contributed by atoms with Crippen LogP contribution in [0.1, 0.15) is 27.7 Å². The Morgan fingerprint density at radius 3 is 2.53 bits per heavy atom. The molecule has 0 bridgehead atoms. The fourth-order valence-corrected chi connectivity index (χ4v) is 0.793. The first-order valence-electron chi connectivity index (χ1n) is 5.04. The van der Waals surface area contributed by atoms with Crippen LogP contribution < -0.4 is 5.32 Å². The first-order chi connectivity index (χ1) is 6.81. The van der Waals surface area contributed by atoms with Crippen molar-refractivity contribution in [2.24, 2.45) is 0 Å². The summed E-state index contributed by atoms with van der Waals surface area (Å²) in [6.45, 7) is 8.06. The molecule has 90 valence electrons. The van der Waals surface area contributed by atoms with Gasteiger partial charge in [0, 0.05) is 6.54 Å². The maximum absolute atomic E-state index is 11.1. The summed E-state index contributed by atoms with van der Waals surface area (Å²) in [6, 6.07) is 0. The van der Waals surface area contributed by atoms with Crippen molar-refractivity contribution < 1.29 is 19.4 Å². The van der Waals surface area contributed by atoms with Gasteiger partial charge >= 0.3 is 6.09 Å². The molecule has 0 aromatic carbocycles. The summed E-state index contributed by atoms with van der Waals surface area (Å²) in [7, 11) is 0. The zero-order valence-corrected chi connectivity index (χ0v) is 9.87. The summed E-state index contributed by atoms with van der Waals surface area (Å²) >= 11 is 0. The SMILES string of the molecule is C[C@@H](O)COCCNC(=O)OC(C)(C)C. The minimum atomic E-state index is -0.482. The molecule has 0 radical (unpaired) electrons. The van der Waals surface area contributed by atoms with Crippen molar-refractivity contribution in [2.75, 3.05) is 19.8 Å². The molecule has 0 spiro atoms. The molecule has 0 fully saturated rings. The third kappa shape index (κ3) is 11.1. The smallest absolute Gasteiger partial charge is 0.407 e. The summed E-state index contributed by atoms with van der Waals surface area (Å²) in [5.74, 6) is 0. The van der Waals surface area contributed by atoms with E-state index in [4.69, 9.17) is 14.6 Å². The van der Waals surface area contributed by atoms with E-state index >= 15 is 0 Å². The minimum Gasteiger partial charge on any atom is -0.444 e. The van der Waals surface area contributed by atoms with Crippen molar-refractivity contribution >= 4 is 6.09 Å². The summed E-state index contributed by atoms with van der Waals surface area (Å²) in [6.07, 6.45) is -0.935. The van der Waals surface area contributed by atoms with Gasteiger partial charge in [0.1, 0.15) is 5.60 Å². The standard InChI is InChI=1S/C10H21NO4/c1-8(12)7-14-6-5-11-9(13)15-10(2,3)4/h8,12H,5-7H2,1-4H3,(H,11,13)/t8-/m1/s1. The maximum atomic E-state index is 11.1. The van der Waals surface area contributed by atoms with E-state index in [1.807, 2.05) is 0 Å². The van der Waals surface area contributed by atoms with Crippen LogP contribution in [0, 0.1) is 0 Å². The molecule has 5 heteroatoms. The van der Waals surface area contributed by atoms with Gasteiger partial charge in [-0.05, 0) is 27.7 Å². The van der Waals surface area contributed by atoms with Crippen molar-refractivity contribution in [1.82, 2.24) is 5.32 Å². The van der Waals surface area contributed by atoms with Gasteiger partial charge < -0.3 is 19.9 Å². The molecule has 0 aliphatic rings. The molecule has 15 heavy (non-hydrogen) atoms. The van der Waals surface area contributed by atoms with E-state index in [0.717, 1.165) is 0 Å². The molecule has 5 nitrogen and oxygen atoms in total. The van der Waals surface area contributed by atoms with E-state index in [9.17, 15) is 4.79 Å². The Bertz CT molecular complexity index is 186. The van der Waals surface area contributed by atoms with Crippen LogP contribution in [0.25, 0.3) is 0 Å². The molecular weight excluding hydrogens is 198 g/mol. The van der Waals surface area contributed by atoms with Crippen LogP contribution in [-0.2, 0) is 9.47 Å². The van der Waals surface area contributed by atoms with Crippen LogP contribution in [0.3, 0.4) is 0 Å². The van der Waals surface area contributed by atoms with Gasteiger partial charge in [0.15, 0.2) is 0 Å². The number of carbonyl (C=O) groups is 1. The number of amides is 1. The molecule has 0 unspecified atom stereocenters. The van der Waals surface area contributed by atoms with E-state index < -0.39 is 17.8 Å². The van der Waals surface area contributed by atoms with Crippen molar-refractivity contribution in [2.45, 2.75) is 39.4 Å². The number of carbonyl (C=O) groups excluding carboxylic acids is 1. The highest BCUT2D eigenvalue weighted by atomic mass is 16.6. The molecule has 0 heterocycles. The predicted octanol–water partition coefficient (Wildman–Crippen LogP) is 0.908. The Balaban J connectivity index is 3.40. The fraction of sp³-hybridized carbons (Fsp3) is 0.900. The number of aliphatic hydroxyl groups is 1.